The Bertz CT molecular complexity index is 739. The van der Waals surface area contributed by atoms with E-state index in [1.807, 2.05) is 24.3 Å². The molecule has 0 saturated carbocycles. The Morgan fingerprint density at radius 2 is 2.10 bits per heavy atom. The van der Waals surface area contributed by atoms with Crippen molar-refractivity contribution in [1.29, 1.82) is 0 Å². The smallest absolute Gasteiger partial charge is 0.272 e. The van der Waals surface area contributed by atoms with E-state index in [0.29, 0.717) is 24.6 Å². The summed E-state index contributed by atoms with van der Waals surface area (Å²) < 4.78 is 0. The molecule has 21 heavy (non-hydrogen) atoms. The molecule has 0 aliphatic rings. The van der Waals surface area contributed by atoms with Crippen LogP contribution in [0.1, 0.15) is 10.5 Å². The van der Waals surface area contributed by atoms with Crippen molar-refractivity contribution in [3.05, 3.63) is 48.5 Å². The third-order valence-electron chi connectivity index (χ3n) is 2.97. The first-order valence-electron chi connectivity index (χ1n) is 6.56. The number of aromatic amines is 1. The van der Waals surface area contributed by atoms with Gasteiger partial charge in [0.05, 0.1) is 11.7 Å². The zero-order valence-corrected chi connectivity index (χ0v) is 11.2. The zero-order chi connectivity index (χ0) is 14.5. The molecular weight excluding hydrogens is 268 g/mol. The van der Waals surface area contributed by atoms with Crippen LogP contribution in [0.15, 0.2) is 42.9 Å². The molecule has 3 N–H and O–H groups in total. The highest BCUT2D eigenvalue weighted by Crippen LogP contribution is 2.14. The topological polar surface area (TPSA) is 95.6 Å². The van der Waals surface area contributed by atoms with Gasteiger partial charge in [0.1, 0.15) is 5.82 Å². The minimum atomic E-state index is -0.201. The van der Waals surface area contributed by atoms with E-state index in [-0.39, 0.29) is 5.91 Å². The fraction of sp³-hybridized carbons (Fsp3) is 0.143. The number of fused-ring (bicyclic) bond motifs is 1. The maximum Gasteiger partial charge on any atom is 0.272 e. The Morgan fingerprint density at radius 1 is 1.19 bits per heavy atom. The van der Waals surface area contributed by atoms with Crippen molar-refractivity contribution in [2.24, 2.45) is 0 Å². The summed E-state index contributed by atoms with van der Waals surface area (Å²) >= 11 is 0. The van der Waals surface area contributed by atoms with E-state index >= 15 is 0 Å². The minimum absolute atomic E-state index is 0.201. The second-order valence-corrected chi connectivity index (χ2v) is 4.39. The first-order chi connectivity index (χ1) is 10.3. The number of carbonyl (C=O) groups is 1. The molecule has 106 valence electrons. The molecule has 7 nitrogen and oxygen atoms in total. The van der Waals surface area contributed by atoms with Crippen LogP contribution in [0.25, 0.3) is 10.9 Å². The van der Waals surface area contributed by atoms with Crippen LogP contribution >= 0.6 is 0 Å². The predicted molar refractivity (Wildman–Crippen MR) is 78.9 cm³/mol. The Hall–Kier alpha value is -2.96. The van der Waals surface area contributed by atoms with Crippen molar-refractivity contribution in [2.75, 3.05) is 18.4 Å². The van der Waals surface area contributed by atoms with Crippen molar-refractivity contribution in [1.82, 2.24) is 25.5 Å². The molecule has 3 aromatic rings. The first kappa shape index (κ1) is 13.0. The number of nitrogens with one attached hydrogen (secondary N) is 3. The average Bonchev–Trinajstić information content (AvgIpc) is 2.96. The number of nitrogens with zero attached hydrogens (tertiary/aromatic N) is 3. The fourth-order valence-electron chi connectivity index (χ4n) is 1.98. The highest BCUT2D eigenvalue weighted by molar-refractivity contribution is 6.04. The second kappa shape index (κ2) is 6.00. The predicted octanol–water partition coefficient (Wildman–Crippen LogP) is 1.19. The van der Waals surface area contributed by atoms with Crippen LogP contribution in [0.5, 0.6) is 0 Å². The van der Waals surface area contributed by atoms with E-state index in [1.54, 1.807) is 18.6 Å². The Kier molecular flexibility index (Phi) is 3.72. The lowest BCUT2D eigenvalue weighted by molar-refractivity contribution is 0.0952. The fourth-order valence-corrected chi connectivity index (χ4v) is 1.98. The molecule has 3 rings (SSSR count). The summed E-state index contributed by atoms with van der Waals surface area (Å²) in [5.74, 6) is 0.477. The summed E-state index contributed by atoms with van der Waals surface area (Å²) in [6.45, 7) is 1.03. The molecule has 7 heteroatoms. The van der Waals surface area contributed by atoms with Gasteiger partial charge in [-0.2, -0.15) is 5.10 Å². The SMILES string of the molecule is O=C(NCCNc1cnccn1)c1n[nH]c2ccccc12. The number of carbonyl (C=O) groups excluding carboxylic acids is 1. The number of benzene rings is 1. The van der Waals surface area contributed by atoms with Crippen LogP contribution in [0.3, 0.4) is 0 Å². The van der Waals surface area contributed by atoms with Gasteiger partial charge in [0, 0.05) is 30.9 Å². The first-order valence-corrected chi connectivity index (χ1v) is 6.56. The number of anilines is 1. The summed E-state index contributed by atoms with van der Waals surface area (Å²) in [6.07, 6.45) is 4.84. The van der Waals surface area contributed by atoms with Gasteiger partial charge in [-0.05, 0) is 6.07 Å². The minimum Gasteiger partial charge on any atom is -0.367 e. The summed E-state index contributed by atoms with van der Waals surface area (Å²) in [5.41, 5.74) is 1.26. The molecule has 0 fully saturated rings. The van der Waals surface area contributed by atoms with E-state index in [2.05, 4.69) is 30.8 Å². The molecule has 0 spiro atoms. The number of rotatable bonds is 5. The lowest BCUT2D eigenvalue weighted by Crippen LogP contribution is -2.29. The van der Waals surface area contributed by atoms with Gasteiger partial charge >= 0.3 is 0 Å². The Balaban J connectivity index is 1.55. The van der Waals surface area contributed by atoms with Gasteiger partial charge in [0.2, 0.25) is 0 Å². The molecule has 2 aromatic heterocycles. The number of hydrogen-bond donors (Lipinski definition) is 3. The number of hydrogen-bond acceptors (Lipinski definition) is 5. The van der Waals surface area contributed by atoms with Gasteiger partial charge in [-0.15, -0.1) is 0 Å². The molecular formula is C14H14N6O. The molecule has 0 radical (unpaired) electrons. The molecule has 2 heterocycles. The molecule has 1 amide bonds. The molecule has 0 bridgehead atoms. The number of H-pyrrole nitrogens is 1. The van der Waals surface area contributed by atoms with Crippen LogP contribution in [0.4, 0.5) is 5.82 Å². The summed E-state index contributed by atoms with van der Waals surface area (Å²) in [7, 11) is 0. The van der Waals surface area contributed by atoms with Crippen LogP contribution < -0.4 is 10.6 Å². The van der Waals surface area contributed by atoms with Gasteiger partial charge in [-0.3, -0.25) is 14.9 Å². The largest absolute Gasteiger partial charge is 0.367 e. The van der Waals surface area contributed by atoms with E-state index in [1.165, 1.54) is 0 Å². The lowest BCUT2D eigenvalue weighted by atomic mass is 10.2. The molecule has 1 aromatic carbocycles. The lowest BCUT2D eigenvalue weighted by Gasteiger charge is -2.05. The van der Waals surface area contributed by atoms with Crippen molar-refractivity contribution in [3.63, 3.8) is 0 Å². The zero-order valence-electron chi connectivity index (χ0n) is 11.2. The van der Waals surface area contributed by atoms with E-state index in [9.17, 15) is 4.79 Å². The quantitative estimate of drug-likeness (QED) is 0.611. The summed E-state index contributed by atoms with van der Waals surface area (Å²) in [4.78, 5) is 20.1. The maximum absolute atomic E-state index is 12.1. The molecule has 0 aliphatic carbocycles. The van der Waals surface area contributed by atoms with E-state index < -0.39 is 0 Å². The second-order valence-electron chi connectivity index (χ2n) is 4.39. The van der Waals surface area contributed by atoms with Gasteiger partial charge < -0.3 is 10.6 Å². The number of para-hydroxylation sites is 1. The van der Waals surface area contributed by atoms with Crippen molar-refractivity contribution < 1.29 is 4.79 Å². The maximum atomic E-state index is 12.1. The number of amides is 1. The third kappa shape index (κ3) is 2.97. The summed E-state index contributed by atoms with van der Waals surface area (Å²) in [5, 5.41) is 13.6. The Morgan fingerprint density at radius 3 is 2.95 bits per heavy atom. The molecule has 0 aliphatic heterocycles. The average molecular weight is 282 g/mol. The normalized spacial score (nSPS) is 10.5. The van der Waals surface area contributed by atoms with E-state index in [0.717, 1.165) is 10.9 Å². The number of aromatic nitrogens is 4. The van der Waals surface area contributed by atoms with Crippen LogP contribution in [-0.4, -0.2) is 39.2 Å². The van der Waals surface area contributed by atoms with Crippen LogP contribution in [0.2, 0.25) is 0 Å². The monoisotopic (exact) mass is 282 g/mol. The van der Waals surface area contributed by atoms with Gasteiger partial charge in [-0.25, -0.2) is 4.98 Å². The van der Waals surface area contributed by atoms with Crippen LogP contribution in [0, 0.1) is 0 Å². The van der Waals surface area contributed by atoms with E-state index in [4.69, 9.17) is 0 Å². The molecule has 0 saturated heterocycles. The summed E-state index contributed by atoms with van der Waals surface area (Å²) in [6, 6.07) is 7.53. The standard InChI is InChI=1S/C14H14N6O/c21-14(13-10-3-1-2-4-11(10)19-20-13)18-8-7-17-12-9-15-5-6-16-12/h1-6,9H,7-8H2,(H,16,17)(H,18,21)(H,19,20). The van der Waals surface area contributed by atoms with Crippen molar-refractivity contribution >= 4 is 22.6 Å². The van der Waals surface area contributed by atoms with Gasteiger partial charge in [0.15, 0.2) is 5.69 Å². The van der Waals surface area contributed by atoms with Crippen molar-refractivity contribution in [2.45, 2.75) is 0 Å². The van der Waals surface area contributed by atoms with Crippen LogP contribution in [-0.2, 0) is 0 Å². The highest BCUT2D eigenvalue weighted by Gasteiger charge is 2.12. The highest BCUT2D eigenvalue weighted by atomic mass is 16.1. The Labute approximate surface area is 120 Å². The molecule has 0 atom stereocenters. The van der Waals surface area contributed by atoms with Gasteiger partial charge in [-0.1, -0.05) is 18.2 Å². The van der Waals surface area contributed by atoms with Crippen molar-refractivity contribution in [3.8, 4) is 0 Å². The third-order valence-corrected chi connectivity index (χ3v) is 2.97. The van der Waals surface area contributed by atoms with Gasteiger partial charge in [0.25, 0.3) is 5.91 Å². The molecule has 0 unspecified atom stereocenters.